The van der Waals surface area contributed by atoms with Crippen LogP contribution in [0.2, 0.25) is 0 Å². The van der Waals surface area contributed by atoms with Gasteiger partial charge >= 0.3 is 0 Å². The van der Waals surface area contributed by atoms with Crippen LogP contribution in [0.3, 0.4) is 0 Å². The van der Waals surface area contributed by atoms with Crippen LogP contribution in [0.25, 0.3) is 6.58 Å². The van der Waals surface area contributed by atoms with Crippen molar-refractivity contribution in [2.45, 2.75) is 46.0 Å². The number of hydrogen-bond acceptors (Lipinski definition) is 7. The topological polar surface area (TPSA) is 125 Å². The average molecular weight is 446 g/mol. The Morgan fingerprint density at radius 2 is 1.84 bits per heavy atom. The average Bonchev–Trinajstić information content (AvgIpc) is 2.64. The first kappa shape index (κ1) is 22.7. The molecule has 0 spiro atoms. The van der Waals surface area contributed by atoms with Crippen molar-refractivity contribution in [2.24, 2.45) is 4.99 Å². The third kappa shape index (κ3) is 5.57. The van der Waals surface area contributed by atoms with Crippen LogP contribution < -0.4 is 26.0 Å². The zero-order valence-electron chi connectivity index (χ0n) is 18.0. The van der Waals surface area contributed by atoms with Gasteiger partial charge in [-0.2, -0.15) is 0 Å². The van der Waals surface area contributed by atoms with Crippen molar-refractivity contribution in [1.29, 1.82) is 0 Å². The number of nitrogens with zero attached hydrogens (tertiary/aromatic N) is 3. The summed E-state index contributed by atoms with van der Waals surface area (Å²) >= 11 is 0. The van der Waals surface area contributed by atoms with Gasteiger partial charge in [0.25, 0.3) is 5.56 Å². The van der Waals surface area contributed by atoms with E-state index in [0.717, 1.165) is 48.0 Å². The number of sulfonamides is 1. The van der Waals surface area contributed by atoms with Crippen molar-refractivity contribution in [2.75, 3.05) is 17.7 Å². The molecule has 10 heteroatoms. The molecule has 9 nitrogen and oxygen atoms in total. The van der Waals surface area contributed by atoms with E-state index in [4.69, 9.17) is 0 Å². The summed E-state index contributed by atoms with van der Waals surface area (Å²) in [7, 11) is -3.51. The molecule has 1 aromatic carbocycles. The molecule has 1 aromatic heterocycles. The standard InChI is InChI=1S/C21H27N5O4S/c1-13-11-16-17(12-14(13)2)26(20-19(24-16)21(28)23-15(3)22-20)10-8-6-5-7-9-18(27)25-31(4,29)30/h11-12H,3,5-10H2,1-2,4H3,(H,23,28)(H,25,27). The molecule has 0 atom stereocenters. The van der Waals surface area contributed by atoms with Crippen LogP contribution in [0.5, 0.6) is 0 Å². The number of hydrogen-bond donors (Lipinski definition) is 2. The normalized spacial score (nSPS) is 12.7. The van der Waals surface area contributed by atoms with Crippen molar-refractivity contribution in [3.63, 3.8) is 0 Å². The van der Waals surface area contributed by atoms with Crippen molar-refractivity contribution in [1.82, 2.24) is 14.7 Å². The Morgan fingerprint density at radius 1 is 1.16 bits per heavy atom. The van der Waals surface area contributed by atoms with Gasteiger partial charge in [-0.15, -0.1) is 0 Å². The van der Waals surface area contributed by atoms with E-state index in [9.17, 15) is 18.0 Å². The summed E-state index contributed by atoms with van der Waals surface area (Å²) in [6, 6.07) is 4.02. The van der Waals surface area contributed by atoms with Gasteiger partial charge in [-0.25, -0.2) is 18.4 Å². The van der Waals surface area contributed by atoms with Gasteiger partial charge in [0.1, 0.15) is 5.48 Å². The van der Waals surface area contributed by atoms with Crippen molar-refractivity contribution in [3.8, 4) is 0 Å². The minimum Gasteiger partial charge on any atom is -0.322 e. The molecular formula is C21H27N5O4S. The Morgan fingerprint density at radius 3 is 2.55 bits per heavy atom. The molecule has 0 aliphatic carbocycles. The maximum Gasteiger partial charge on any atom is 0.279 e. The van der Waals surface area contributed by atoms with Gasteiger partial charge in [-0.05, 0) is 49.9 Å². The summed E-state index contributed by atoms with van der Waals surface area (Å²) in [4.78, 5) is 37.6. The highest BCUT2D eigenvalue weighted by molar-refractivity contribution is 7.89. The van der Waals surface area contributed by atoms with Gasteiger partial charge in [0.05, 0.1) is 17.6 Å². The Balaban J connectivity index is 1.71. The molecule has 0 saturated carbocycles. The maximum absolute atomic E-state index is 12.4. The molecule has 1 aliphatic rings. The third-order valence-corrected chi connectivity index (χ3v) is 5.73. The van der Waals surface area contributed by atoms with Crippen LogP contribution >= 0.6 is 0 Å². The van der Waals surface area contributed by atoms with E-state index in [-0.39, 0.29) is 22.8 Å². The number of fused-ring (bicyclic) bond motifs is 2. The van der Waals surface area contributed by atoms with Gasteiger partial charge in [0, 0.05) is 13.0 Å². The van der Waals surface area contributed by atoms with Gasteiger partial charge < -0.3 is 9.88 Å². The molecule has 2 aromatic rings. The maximum atomic E-state index is 12.4. The molecule has 2 N–H and O–H groups in total. The second-order valence-electron chi connectivity index (χ2n) is 7.84. The molecule has 166 valence electrons. The number of anilines is 2. The van der Waals surface area contributed by atoms with Crippen LogP contribution in [0, 0.1) is 13.8 Å². The predicted molar refractivity (Wildman–Crippen MR) is 120 cm³/mol. The minimum atomic E-state index is -3.51. The highest BCUT2D eigenvalue weighted by atomic mass is 32.2. The molecule has 1 amide bonds. The van der Waals surface area contributed by atoms with E-state index in [1.54, 1.807) is 0 Å². The fraction of sp³-hybridized carbons (Fsp3) is 0.429. The van der Waals surface area contributed by atoms with E-state index in [1.807, 2.05) is 29.5 Å². The van der Waals surface area contributed by atoms with Crippen LogP contribution in [0.15, 0.2) is 21.9 Å². The highest BCUT2D eigenvalue weighted by Crippen LogP contribution is 2.36. The number of H-pyrrole nitrogens is 1. The number of aromatic amines is 1. The van der Waals surface area contributed by atoms with Gasteiger partial charge in [0.2, 0.25) is 15.9 Å². The molecule has 0 radical (unpaired) electrons. The molecule has 3 rings (SSSR count). The van der Waals surface area contributed by atoms with Gasteiger partial charge in [-0.1, -0.05) is 19.4 Å². The fourth-order valence-electron chi connectivity index (χ4n) is 3.51. The van der Waals surface area contributed by atoms with E-state index in [1.165, 1.54) is 0 Å². The lowest BCUT2D eigenvalue weighted by atomic mass is 10.1. The smallest absolute Gasteiger partial charge is 0.279 e. The number of carbonyl (C=O) groups is 1. The Bertz CT molecular complexity index is 1280. The summed E-state index contributed by atoms with van der Waals surface area (Å²) < 4.78 is 24.1. The van der Waals surface area contributed by atoms with Crippen LogP contribution in [0.4, 0.5) is 17.2 Å². The summed E-state index contributed by atoms with van der Waals surface area (Å²) in [6.45, 7) is 8.42. The fourth-order valence-corrected chi connectivity index (χ4v) is 4.02. The molecule has 0 unspecified atom stereocenters. The van der Waals surface area contributed by atoms with Crippen LogP contribution in [-0.2, 0) is 14.8 Å². The second kappa shape index (κ2) is 9.01. The number of carbonyl (C=O) groups excluding carboxylic acids is 1. The van der Waals surface area contributed by atoms with Gasteiger partial charge in [-0.3, -0.25) is 14.3 Å². The minimum absolute atomic E-state index is 0.168. The number of aryl methyl sites for hydroxylation is 2. The Kier molecular flexibility index (Phi) is 6.59. The van der Waals surface area contributed by atoms with E-state index in [2.05, 4.69) is 27.6 Å². The summed E-state index contributed by atoms with van der Waals surface area (Å²) in [5.41, 5.74) is 3.82. The number of nitrogens with one attached hydrogen (secondary N) is 2. The SMILES string of the molecule is C=c1nc2c(c(=O)[nH]1)=Nc1cc(C)c(C)cc1N2CCCCCCC(=O)NS(C)(=O)=O. The number of amides is 1. The molecular weight excluding hydrogens is 418 g/mol. The van der Waals surface area contributed by atoms with Crippen LogP contribution in [0.1, 0.15) is 43.2 Å². The third-order valence-electron chi connectivity index (χ3n) is 5.13. The van der Waals surface area contributed by atoms with Crippen molar-refractivity contribution >= 4 is 39.7 Å². The predicted octanol–water partition coefficient (Wildman–Crippen LogP) is 1.23. The number of benzene rings is 1. The van der Waals surface area contributed by atoms with Gasteiger partial charge in [0.15, 0.2) is 11.2 Å². The Labute approximate surface area is 181 Å². The summed E-state index contributed by atoms with van der Waals surface area (Å²) in [5, 5.41) is 0.278. The summed E-state index contributed by atoms with van der Waals surface area (Å²) in [6.07, 6.45) is 4.16. The highest BCUT2D eigenvalue weighted by Gasteiger charge is 2.23. The van der Waals surface area contributed by atoms with E-state index >= 15 is 0 Å². The number of aromatic nitrogens is 2. The van der Waals surface area contributed by atoms with E-state index in [0.29, 0.717) is 18.8 Å². The largest absolute Gasteiger partial charge is 0.322 e. The number of rotatable bonds is 8. The molecule has 0 fully saturated rings. The number of unbranched alkanes of at least 4 members (excludes halogenated alkanes) is 3. The van der Waals surface area contributed by atoms with Crippen molar-refractivity contribution in [3.05, 3.63) is 44.5 Å². The first-order valence-corrected chi connectivity index (χ1v) is 12.0. The van der Waals surface area contributed by atoms with E-state index < -0.39 is 15.9 Å². The van der Waals surface area contributed by atoms with Crippen LogP contribution in [-0.4, -0.2) is 37.1 Å². The molecule has 2 heterocycles. The summed E-state index contributed by atoms with van der Waals surface area (Å²) in [5.74, 6) is 0.0114. The lowest BCUT2D eigenvalue weighted by Gasteiger charge is -2.28. The molecule has 0 saturated heterocycles. The molecule has 31 heavy (non-hydrogen) atoms. The zero-order chi connectivity index (χ0) is 22.8. The quantitative estimate of drug-likeness (QED) is 0.589. The lowest BCUT2D eigenvalue weighted by molar-refractivity contribution is -0.119. The zero-order valence-corrected chi connectivity index (χ0v) is 18.8. The lowest BCUT2D eigenvalue weighted by Crippen LogP contribution is -2.42. The molecule has 0 bridgehead atoms. The Hall–Kier alpha value is -3.01. The first-order chi connectivity index (χ1) is 14.5. The first-order valence-electron chi connectivity index (χ1n) is 10.1. The second-order valence-corrected chi connectivity index (χ2v) is 9.58. The monoisotopic (exact) mass is 445 g/mol. The van der Waals surface area contributed by atoms with Crippen molar-refractivity contribution < 1.29 is 13.2 Å². The molecule has 1 aliphatic heterocycles.